The highest BCUT2D eigenvalue weighted by atomic mass is 32.1. The van der Waals surface area contributed by atoms with Gasteiger partial charge in [-0.15, -0.1) is 11.3 Å². The number of carbonyl (C=O) groups excluding carboxylic acids is 2. The molecular weight excluding hydrogens is 498 g/mol. The Bertz CT molecular complexity index is 1730. The van der Waals surface area contributed by atoms with Gasteiger partial charge < -0.3 is 5.11 Å². The molecule has 1 amide bonds. The Morgan fingerprint density at radius 2 is 1.83 bits per heavy atom. The molecule has 0 bridgehead atoms. The number of aliphatic hydroxyl groups is 1. The van der Waals surface area contributed by atoms with E-state index in [1.807, 2.05) is 35.7 Å². The molecular formula is C26H15N3O5S2. The summed E-state index contributed by atoms with van der Waals surface area (Å²) in [4.78, 5) is 43.9. The quantitative estimate of drug-likeness (QED) is 0.103. The molecule has 5 aromatic rings. The molecule has 176 valence electrons. The molecule has 1 aliphatic heterocycles. The largest absolute Gasteiger partial charge is 0.507 e. The highest BCUT2D eigenvalue weighted by Crippen LogP contribution is 2.46. The number of hydrogen-bond acceptors (Lipinski definition) is 8. The van der Waals surface area contributed by atoms with Gasteiger partial charge in [-0.2, -0.15) is 0 Å². The van der Waals surface area contributed by atoms with Crippen molar-refractivity contribution in [2.24, 2.45) is 0 Å². The fourth-order valence-electron chi connectivity index (χ4n) is 4.44. The molecule has 2 aromatic heterocycles. The van der Waals surface area contributed by atoms with Crippen molar-refractivity contribution < 1.29 is 19.6 Å². The molecule has 1 unspecified atom stereocenters. The number of amides is 1. The minimum Gasteiger partial charge on any atom is -0.507 e. The van der Waals surface area contributed by atoms with E-state index in [0.717, 1.165) is 22.1 Å². The number of aromatic nitrogens is 1. The summed E-state index contributed by atoms with van der Waals surface area (Å²) in [6.07, 6.45) is 0. The molecule has 3 heterocycles. The van der Waals surface area contributed by atoms with Crippen LogP contribution in [-0.2, 0) is 9.59 Å². The van der Waals surface area contributed by atoms with E-state index in [4.69, 9.17) is 0 Å². The molecule has 1 N–H and O–H groups in total. The van der Waals surface area contributed by atoms with Crippen LogP contribution < -0.4 is 4.90 Å². The molecule has 0 saturated carbocycles. The molecule has 36 heavy (non-hydrogen) atoms. The molecule has 0 radical (unpaired) electrons. The molecule has 1 atom stereocenters. The topological polar surface area (TPSA) is 114 Å². The third-order valence-corrected chi connectivity index (χ3v) is 8.02. The smallest absolute Gasteiger partial charge is 0.301 e. The third kappa shape index (κ3) is 3.38. The van der Waals surface area contributed by atoms with Crippen molar-refractivity contribution in [2.45, 2.75) is 6.04 Å². The molecule has 0 aliphatic carbocycles. The van der Waals surface area contributed by atoms with Crippen LogP contribution in [0.2, 0.25) is 0 Å². The highest BCUT2D eigenvalue weighted by molar-refractivity contribution is 7.22. The van der Waals surface area contributed by atoms with Gasteiger partial charge in [-0.1, -0.05) is 59.9 Å². The maximum Gasteiger partial charge on any atom is 0.301 e. The first-order valence-corrected chi connectivity index (χ1v) is 12.5. The van der Waals surface area contributed by atoms with Gasteiger partial charge in [0.25, 0.3) is 11.5 Å². The van der Waals surface area contributed by atoms with Gasteiger partial charge in [0.15, 0.2) is 5.13 Å². The first-order chi connectivity index (χ1) is 17.4. The zero-order valence-electron chi connectivity index (χ0n) is 18.3. The van der Waals surface area contributed by atoms with Crippen LogP contribution in [0, 0.1) is 10.1 Å². The number of carbonyl (C=O) groups is 2. The number of benzene rings is 3. The molecule has 0 spiro atoms. The first-order valence-electron chi connectivity index (χ1n) is 10.8. The zero-order valence-corrected chi connectivity index (χ0v) is 20.0. The standard InChI is InChI=1S/C26H15N3O5S2/c30-23(17-8-3-6-14-5-1-2-7-16(14)17)21-22(19-9-4-12-35-19)28(25(32)24(21)31)26-27-18-11-10-15(29(33)34)13-20(18)36-26/h1-13,22,30H/b23-21+. The van der Waals surface area contributed by atoms with Gasteiger partial charge in [0, 0.05) is 22.6 Å². The third-order valence-electron chi connectivity index (χ3n) is 6.08. The summed E-state index contributed by atoms with van der Waals surface area (Å²) in [6, 6.07) is 19.8. The number of fused-ring (bicyclic) bond motifs is 2. The van der Waals surface area contributed by atoms with Crippen LogP contribution in [0.25, 0.3) is 26.7 Å². The number of nitrogens with zero attached hydrogens (tertiary/aromatic N) is 3. The van der Waals surface area contributed by atoms with Crippen molar-refractivity contribution in [1.29, 1.82) is 0 Å². The van der Waals surface area contributed by atoms with Crippen LogP contribution >= 0.6 is 22.7 Å². The van der Waals surface area contributed by atoms with Gasteiger partial charge in [-0.3, -0.25) is 24.6 Å². The maximum atomic E-state index is 13.4. The summed E-state index contributed by atoms with van der Waals surface area (Å²) in [5, 5.41) is 26.4. The Morgan fingerprint density at radius 3 is 2.61 bits per heavy atom. The van der Waals surface area contributed by atoms with Crippen LogP contribution in [0.4, 0.5) is 10.8 Å². The van der Waals surface area contributed by atoms with Crippen molar-refractivity contribution >= 4 is 71.9 Å². The Balaban J connectivity index is 1.56. The summed E-state index contributed by atoms with van der Waals surface area (Å²) in [5.41, 5.74) is 0.809. The Kier molecular flexibility index (Phi) is 5.13. The van der Waals surface area contributed by atoms with Crippen molar-refractivity contribution in [1.82, 2.24) is 4.98 Å². The van der Waals surface area contributed by atoms with Crippen molar-refractivity contribution in [3.05, 3.63) is 104 Å². The number of nitro benzene ring substituents is 1. The van der Waals surface area contributed by atoms with Gasteiger partial charge >= 0.3 is 5.91 Å². The van der Waals surface area contributed by atoms with Crippen LogP contribution in [0.1, 0.15) is 16.5 Å². The van der Waals surface area contributed by atoms with E-state index < -0.39 is 22.7 Å². The van der Waals surface area contributed by atoms with Crippen molar-refractivity contribution in [3.63, 3.8) is 0 Å². The monoisotopic (exact) mass is 513 g/mol. The SMILES string of the molecule is O=C1C(=O)N(c2nc3ccc([N+](=O)[O-])cc3s2)C(c2cccs2)/C1=C(\O)c1cccc2ccccc12. The van der Waals surface area contributed by atoms with E-state index in [0.29, 0.717) is 20.7 Å². The second-order valence-electron chi connectivity index (χ2n) is 8.12. The van der Waals surface area contributed by atoms with Gasteiger partial charge in [0.2, 0.25) is 0 Å². The zero-order chi connectivity index (χ0) is 25.0. The number of hydrogen-bond donors (Lipinski definition) is 1. The Hall–Kier alpha value is -4.41. The summed E-state index contributed by atoms with van der Waals surface area (Å²) in [5.74, 6) is -1.89. The van der Waals surface area contributed by atoms with E-state index >= 15 is 0 Å². The van der Waals surface area contributed by atoms with Gasteiger partial charge in [0.05, 0.1) is 20.7 Å². The van der Waals surface area contributed by atoms with E-state index in [9.17, 15) is 24.8 Å². The van der Waals surface area contributed by atoms with E-state index in [1.54, 1.807) is 24.3 Å². The number of thiophene rings is 1. The van der Waals surface area contributed by atoms with Gasteiger partial charge in [-0.25, -0.2) is 4.98 Å². The van der Waals surface area contributed by atoms with Gasteiger partial charge in [-0.05, 0) is 28.3 Å². The maximum absolute atomic E-state index is 13.4. The first kappa shape index (κ1) is 22.1. The van der Waals surface area contributed by atoms with Crippen molar-refractivity contribution in [2.75, 3.05) is 4.90 Å². The number of ketones is 1. The predicted molar refractivity (Wildman–Crippen MR) is 139 cm³/mol. The van der Waals surface area contributed by atoms with E-state index in [-0.39, 0.29) is 22.2 Å². The molecule has 6 rings (SSSR count). The number of Topliss-reactive ketones (excluding diaryl/α,β-unsaturated/α-hetero) is 1. The highest BCUT2D eigenvalue weighted by Gasteiger charge is 2.48. The van der Waals surface area contributed by atoms with Gasteiger partial charge in [0.1, 0.15) is 11.8 Å². The second-order valence-corrected chi connectivity index (χ2v) is 10.1. The average molecular weight is 514 g/mol. The lowest BCUT2D eigenvalue weighted by atomic mass is 9.96. The molecule has 8 nitrogen and oxygen atoms in total. The van der Waals surface area contributed by atoms with Crippen LogP contribution in [-0.4, -0.2) is 26.7 Å². The summed E-state index contributed by atoms with van der Waals surface area (Å²) in [7, 11) is 0. The Morgan fingerprint density at radius 1 is 1.03 bits per heavy atom. The summed E-state index contributed by atoms with van der Waals surface area (Å²) >= 11 is 2.43. The molecule has 10 heteroatoms. The average Bonchev–Trinajstić information content (AvgIpc) is 3.61. The number of aliphatic hydroxyl groups excluding tert-OH is 1. The van der Waals surface area contributed by atoms with Crippen LogP contribution in [0.15, 0.2) is 83.7 Å². The number of rotatable bonds is 4. The van der Waals surface area contributed by atoms with Crippen LogP contribution in [0.3, 0.4) is 0 Å². The summed E-state index contributed by atoms with van der Waals surface area (Å²) in [6.45, 7) is 0. The summed E-state index contributed by atoms with van der Waals surface area (Å²) < 4.78 is 0.514. The number of thiazole rings is 1. The second kappa shape index (κ2) is 8.36. The van der Waals surface area contributed by atoms with E-state index in [2.05, 4.69) is 4.98 Å². The molecule has 1 aliphatic rings. The number of anilines is 1. The molecule has 3 aromatic carbocycles. The lowest BCUT2D eigenvalue weighted by Gasteiger charge is -2.21. The van der Waals surface area contributed by atoms with E-state index in [1.165, 1.54) is 34.4 Å². The fourth-order valence-corrected chi connectivity index (χ4v) is 6.29. The predicted octanol–water partition coefficient (Wildman–Crippen LogP) is 6.05. The lowest BCUT2D eigenvalue weighted by molar-refractivity contribution is -0.384. The number of nitro groups is 1. The van der Waals surface area contributed by atoms with Crippen LogP contribution in [0.5, 0.6) is 0 Å². The minimum absolute atomic E-state index is 0.0240. The Labute approximate surface area is 211 Å². The molecule has 1 fully saturated rings. The van der Waals surface area contributed by atoms with Crippen molar-refractivity contribution in [3.8, 4) is 0 Å². The lowest BCUT2D eigenvalue weighted by Crippen LogP contribution is -2.28. The molecule has 1 saturated heterocycles. The minimum atomic E-state index is -0.889. The normalized spacial score (nSPS) is 17.3. The fraction of sp³-hybridized carbons (Fsp3) is 0.0385. The number of non-ortho nitro benzene ring substituents is 1.